The Morgan fingerprint density at radius 3 is 1.25 bits per heavy atom. The predicted molar refractivity (Wildman–Crippen MR) is 251 cm³/mol. The van der Waals surface area contributed by atoms with E-state index in [0.717, 1.165) is 77.6 Å². The van der Waals surface area contributed by atoms with Crippen LogP contribution in [0.15, 0.2) is 229 Å². The lowest BCUT2D eigenvalue weighted by Gasteiger charge is -2.11. The summed E-state index contributed by atoms with van der Waals surface area (Å²) in [5, 5.41) is 1.97. The van der Waals surface area contributed by atoms with Crippen LogP contribution in [0.2, 0.25) is 0 Å². The Hall–Kier alpha value is -8.21. The SMILES string of the molecule is c1ccc(-c2cccc(-c3ccc(-c4nc(-c5cccc(-c6ccccc6)c5)nc(-c5cccc6oc7c(-c8cccc(-c9ccccc9)c8)cccc7c56)n4)cc3)c2)cc1. The van der Waals surface area contributed by atoms with Crippen molar-refractivity contribution in [1.29, 1.82) is 0 Å². The van der Waals surface area contributed by atoms with E-state index in [-0.39, 0.29) is 0 Å². The Morgan fingerprint density at radius 1 is 0.262 bits per heavy atom. The third kappa shape index (κ3) is 6.96. The zero-order chi connectivity index (χ0) is 40.5. The van der Waals surface area contributed by atoms with E-state index in [4.69, 9.17) is 19.4 Å². The molecule has 0 saturated carbocycles. The highest BCUT2D eigenvalue weighted by Gasteiger charge is 2.20. The molecule has 2 heterocycles. The van der Waals surface area contributed by atoms with E-state index in [1.807, 2.05) is 30.3 Å². The molecule has 0 unspecified atom stereocenters. The Labute approximate surface area is 354 Å². The number of rotatable bonds is 8. The fourth-order valence-electron chi connectivity index (χ4n) is 8.30. The topological polar surface area (TPSA) is 51.8 Å². The van der Waals surface area contributed by atoms with Gasteiger partial charge in [0.15, 0.2) is 17.5 Å². The van der Waals surface area contributed by atoms with Gasteiger partial charge < -0.3 is 4.42 Å². The summed E-state index contributed by atoms with van der Waals surface area (Å²) in [6.07, 6.45) is 0. The first-order valence-corrected chi connectivity index (χ1v) is 20.5. The normalized spacial score (nSPS) is 11.3. The number of furan rings is 1. The van der Waals surface area contributed by atoms with Gasteiger partial charge in [0.1, 0.15) is 11.2 Å². The van der Waals surface area contributed by atoms with E-state index in [0.29, 0.717) is 17.5 Å². The lowest BCUT2D eigenvalue weighted by Crippen LogP contribution is -2.00. The summed E-state index contributed by atoms with van der Waals surface area (Å²) in [6.45, 7) is 0. The van der Waals surface area contributed by atoms with Crippen LogP contribution in [0, 0.1) is 0 Å². The summed E-state index contributed by atoms with van der Waals surface area (Å²) >= 11 is 0. The number of aromatic nitrogens is 3. The molecule has 0 amide bonds. The molecule has 61 heavy (non-hydrogen) atoms. The zero-order valence-corrected chi connectivity index (χ0v) is 33.1. The molecule has 0 spiro atoms. The number of benzene rings is 9. The third-order valence-electron chi connectivity index (χ3n) is 11.4. The zero-order valence-electron chi connectivity index (χ0n) is 33.1. The van der Waals surface area contributed by atoms with Crippen LogP contribution in [0.25, 0.3) is 112 Å². The quantitative estimate of drug-likeness (QED) is 0.154. The maximum atomic E-state index is 6.76. The van der Waals surface area contributed by atoms with Crippen LogP contribution < -0.4 is 0 Å². The van der Waals surface area contributed by atoms with Gasteiger partial charge in [-0.2, -0.15) is 0 Å². The van der Waals surface area contributed by atoms with Crippen molar-refractivity contribution >= 4 is 21.9 Å². The maximum absolute atomic E-state index is 6.76. The van der Waals surface area contributed by atoms with Crippen molar-refractivity contribution < 1.29 is 4.42 Å². The molecule has 11 aromatic rings. The van der Waals surface area contributed by atoms with E-state index in [9.17, 15) is 0 Å². The molecule has 0 fully saturated rings. The fourth-order valence-corrected chi connectivity index (χ4v) is 8.30. The molecule has 0 atom stereocenters. The fraction of sp³-hybridized carbons (Fsp3) is 0. The van der Waals surface area contributed by atoms with Gasteiger partial charge in [-0.1, -0.05) is 200 Å². The molecule has 286 valence electrons. The standard InChI is InChI=1S/C57H37N3O/c1-4-15-38(16-5-1)43-21-10-22-44(35-43)41-31-33-42(34-32-41)55-58-56(48-26-12-24-46(37-48)40-19-8-3-9-20-40)60-57(59-55)51-29-14-30-52-53(51)50-28-13-27-49(54(50)61-52)47-25-11-23-45(36-47)39-17-6-2-7-18-39/h1-37H. The molecule has 0 aliphatic carbocycles. The van der Waals surface area contributed by atoms with Gasteiger partial charge in [-0.15, -0.1) is 0 Å². The van der Waals surface area contributed by atoms with E-state index >= 15 is 0 Å². The molecule has 2 aromatic heterocycles. The van der Waals surface area contributed by atoms with Gasteiger partial charge in [-0.3, -0.25) is 0 Å². The molecular weight excluding hydrogens is 743 g/mol. The summed E-state index contributed by atoms with van der Waals surface area (Å²) in [5.74, 6) is 1.77. The highest BCUT2D eigenvalue weighted by Crippen LogP contribution is 2.41. The number of nitrogens with zero attached hydrogens (tertiary/aromatic N) is 3. The summed E-state index contributed by atoms with van der Waals surface area (Å²) in [6, 6.07) is 78.1. The molecule has 4 heteroatoms. The summed E-state index contributed by atoms with van der Waals surface area (Å²) in [7, 11) is 0. The molecular formula is C57H37N3O. The smallest absolute Gasteiger partial charge is 0.164 e. The number of para-hydroxylation sites is 1. The minimum Gasteiger partial charge on any atom is -0.455 e. The van der Waals surface area contributed by atoms with Crippen molar-refractivity contribution in [2.75, 3.05) is 0 Å². The van der Waals surface area contributed by atoms with Gasteiger partial charge in [0.2, 0.25) is 0 Å². The molecule has 11 rings (SSSR count). The number of hydrogen-bond donors (Lipinski definition) is 0. The van der Waals surface area contributed by atoms with E-state index in [1.54, 1.807) is 0 Å². The lowest BCUT2D eigenvalue weighted by atomic mass is 9.97. The number of hydrogen-bond acceptors (Lipinski definition) is 4. The molecule has 0 N–H and O–H groups in total. The van der Waals surface area contributed by atoms with Gasteiger partial charge in [0, 0.05) is 33.0 Å². The van der Waals surface area contributed by atoms with Crippen LogP contribution in [-0.2, 0) is 0 Å². The molecule has 0 aliphatic rings. The second-order valence-electron chi connectivity index (χ2n) is 15.2. The minimum absolute atomic E-state index is 0.578. The van der Waals surface area contributed by atoms with Crippen LogP contribution in [0.3, 0.4) is 0 Å². The summed E-state index contributed by atoms with van der Waals surface area (Å²) < 4.78 is 6.76. The van der Waals surface area contributed by atoms with Crippen molar-refractivity contribution in [2.24, 2.45) is 0 Å². The van der Waals surface area contributed by atoms with E-state index < -0.39 is 0 Å². The van der Waals surface area contributed by atoms with Gasteiger partial charge in [-0.25, -0.2) is 15.0 Å². The van der Waals surface area contributed by atoms with Gasteiger partial charge in [0.25, 0.3) is 0 Å². The summed E-state index contributed by atoms with van der Waals surface area (Å²) in [4.78, 5) is 15.6. The van der Waals surface area contributed by atoms with E-state index in [1.165, 1.54) is 16.7 Å². The first-order valence-electron chi connectivity index (χ1n) is 20.5. The van der Waals surface area contributed by atoms with Crippen molar-refractivity contribution in [3.05, 3.63) is 224 Å². The predicted octanol–water partition coefficient (Wildman–Crippen LogP) is 15.1. The molecule has 0 radical (unpaired) electrons. The monoisotopic (exact) mass is 779 g/mol. The largest absolute Gasteiger partial charge is 0.455 e. The van der Waals surface area contributed by atoms with Gasteiger partial charge in [-0.05, 0) is 74.3 Å². The first kappa shape index (κ1) is 35.9. The van der Waals surface area contributed by atoms with Crippen molar-refractivity contribution in [2.45, 2.75) is 0 Å². The minimum atomic E-state index is 0.578. The van der Waals surface area contributed by atoms with Gasteiger partial charge in [0.05, 0.1) is 0 Å². The van der Waals surface area contributed by atoms with Crippen LogP contribution in [0.4, 0.5) is 0 Å². The Kier molecular flexibility index (Phi) is 9.14. The molecule has 4 nitrogen and oxygen atoms in total. The van der Waals surface area contributed by atoms with Crippen LogP contribution in [0.5, 0.6) is 0 Å². The average Bonchev–Trinajstić information content (AvgIpc) is 3.74. The first-order chi connectivity index (χ1) is 30.2. The van der Waals surface area contributed by atoms with Crippen LogP contribution in [0.1, 0.15) is 0 Å². The Morgan fingerprint density at radius 2 is 0.656 bits per heavy atom. The van der Waals surface area contributed by atoms with Gasteiger partial charge >= 0.3 is 0 Å². The van der Waals surface area contributed by atoms with E-state index in [2.05, 4.69) is 194 Å². The highest BCUT2D eigenvalue weighted by molar-refractivity contribution is 6.15. The lowest BCUT2D eigenvalue weighted by molar-refractivity contribution is 0.670. The maximum Gasteiger partial charge on any atom is 0.164 e. The van der Waals surface area contributed by atoms with Crippen molar-refractivity contribution in [3.63, 3.8) is 0 Å². The number of fused-ring (bicyclic) bond motifs is 3. The average molecular weight is 780 g/mol. The molecule has 0 aliphatic heterocycles. The second-order valence-corrected chi connectivity index (χ2v) is 15.2. The molecule has 0 bridgehead atoms. The van der Waals surface area contributed by atoms with Crippen molar-refractivity contribution in [3.8, 4) is 89.8 Å². The van der Waals surface area contributed by atoms with Crippen LogP contribution in [-0.4, -0.2) is 15.0 Å². The third-order valence-corrected chi connectivity index (χ3v) is 11.4. The van der Waals surface area contributed by atoms with Crippen LogP contribution >= 0.6 is 0 Å². The Bertz CT molecular complexity index is 3340. The molecule has 9 aromatic carbocycles. The molecule has 0 saturated heterocycles. The van der Waals surface area contributed by atoms with Crippen molar-refractivity contribution in [1.82, 2.24) is 15.0 Å². The Balaban J connectivity index is 1.05. The second kappa shape index (κ2) is 15.5. The highest BCUT2D eigenvalue weighted by atomic mass is 16.3. The summed E-state index contributed by atoms with van der Waals surface area (Å²) in [5.41, 5.74) is 15.6.